The molecule has 3 heterocycles. The molecular formula is C16H21N3. The summed E-state index contributed by atoms with van der Waals surface area (Å²) >= 11 is 0. The lowest BCUT2D eigenvalue weighted by Crippen LogP contribution is -2.38. The second-order valence-corrected chi connectivity index (χ2v) is 6.33. The van der Waals surface area contributed by atoms with E-state index in [4.69, 9.17) is 4.98 Å². The van der Waals surface area contributed by atoms with E-state index in [2.05, 4.69) is 35.4 Å². The van der Waals surface area contributed by atoms with Crippen molar-refractivity contribution in [3.05, 3.63) is 29.6 Å². The van der Waals surface area contributed by atoms with Crippen molar-refractivity contribution >= 4 is 11.0 Å². The number of benzene rings is 1. The minimum Gasteiger partial charge on any atom is -0.342 e. The first kappa shape index (κ1) is 11.5. The van der Waals surface area contributed by atoms with E-state index in [1.54, 1.807) is 0 Å². The normalized spacial score (nSPS) is 30.1. The van der Waals surface area contributed by atoms with E-state index in [0.717, 1.165) is 29.9 Å². The van der Waals surface area contributed by atoms with Crippen LogP contribution in [0.5, 0.6) is 0 Å². The Bertz CT molecular complexity index is 589. The maximum Gasteiger partial charge on any atom is 0.107 e. The third kappa shape index (κ3) is 2.06. The minimum absolute atomic E-state index is 0.773. The number of H-pyrrole nitrogens is 1. The number of nitrogens with one attached hydrogen (secondary N) is 2. The van der Waals surface area contributed by atoms with Gasteiger partial charge in [0, 0.05) is 18.5 Å². The van der Waals surface area contributed by atoms with Gasteiger partial charge in [-0.15, -0.1) is 0 Å². The number of rotatable bonds is 2. The molecule has 2 aliphatic rings. The molecule has 0 radical (unpaired) electrons. The minimum atomic E-state index is 0.773. The van der Waals surface area contributed by atoms with E-state index < -0.39 is 0 Å². The molecule has 2 unspecified atom stereocenters. The number of hydrogen-bond acceptors (Lipinski definition) is 2. The van der Waals surface area contributed by atoms with Crippen molar-refractivity contribution in [3.63, 3.8) is 0 Å². The summed E-state index contributed by atoms with van der Waals surface area (Å²) in [6, 6.07) is 7.91. The summed E-state index contributed by atoms with van der Waals surface area (Å²) in [6.45, 7) is 2.14. The Balaban J connectivity index is 1.56. The summed E-state index contributed by atoms with van der Waals surface area (Å²) < 4.78 is 0. The largest absolute Gasteiger partial charge is 0.342 e. The number of imidazole rings is 1. The Morgan fingerprint density at radius 1 is 1.21 bits per heavy atom. The highest BCUT2D eigenvalue weighted by Crippen LogP contribution is 2.32. The van der Waals surface area contributed by atoms with E-state index in [1.165, 1.54) is 42.6 Å². The van der Waals surface area contributed by atoms with Gasteiger partial charge in [0.1, 0.15) is 5.82 Å². The predicted octanol–water partition coefficient (Wildman–Crippen LogP) is 2.94. The second kappa shape index (κ2) is 4.34. The number of aromatic amines is 1. The van der Waals surface area contributed by atoms with Gasteiger partial charge in [0.15, 0.2) is 0 Å². The molecule has 2 fully saturated rings. The van der Waals surface area contributed by atoms with Gasteiger partial charge in [-0.2, -0.15) is 0 Å². The second-order valence-electron chi connectivity index (χ2n) is 6.33. The van der Waals surface area contributed by atoms with E-state index in [0.29, 0.717) is 0 Å². The Kier molecular flexibility index (Phi) is 2.62. The molecule has 3 nitrogen and oxygen atoms in total. The summed E-state index contributed by atoms with van der Waals surface area (Å²) in [4.78, 5) is 8.30. The van der Waals surface area contributed by atoms with Crippen LogP contribution in [0.2, 0.25) is 0 Å². The SMILES string of the molecule is Cc1cccc2[nH]c(CC3CC4CCC(C3)N4)nc12. The van der Waals surface area contributed by atoms with Gasteiger partial charge in [-0.05, 0) is 50.2 Å². The Hall–Kier alpha value is -1.35. The van der Waals surface area contributed by atoms with Crippen LogP contribution in [0.25, 0.3) is 11.0 Å². The molecule has 4 rings (SSSR count). The lowest BCUT2D eigenvalue weighted by molar-refractivity contribution is 0.295. The summed E-state index contributed by atoms with van der Waals surface area (Å²) in [6.07, 6.45) is 6.52. The van der Waals surface area contributed by atoms with Crippen LogP contribution in [0.1, 0.15) is 37.1 Å². The molecule has 0 amide bonds. The van der Waals surface area contributed by atoms with Gasteiger partial charge in [0.05, 0.1) is 11.0 Å². The zero-order chi connectivity index (χ0) is 12.8. The highest BCUT2D eigenvalue weighted by molar-refractivity contribution is 5.78. The van der Waals surface area contributed by atoms with Crippen molar-refractivity contribution < 1.29 is 0 Å². The molecule has 2 saturated heterocycles. The maximum atomic E-state index is 4.80. The monoisotopic (exact) mass is 255 g/mol. The molecule has 1 aromatic heterocycles. The molecule has 19 heavy (non-hydrogen) atoms. The Labute approximate surface area is 113 Å². The number of fused-ring (bicyclic) bond motifs is 3. The van der Waals surface area contributed by atoms with E-state index >= 15 is 0 Å². The number of aryl methyl sites for hydroxylation is 1. The fourth-order valence-electron chi connectivity index (χ4n) is 3.94. The lowest BCUT2D eigenvalue weighted by atomic mass is 9.89. The van der Waals surface area contributed by atoms with Crippen LogP contribution >= 0.6 is 0 Å². The molecule has 2 aromatic rings. The topological polar surface area (TPSA) is 40.7 Å². The van der Waals surface area contributed by atoms with Crippen molar-refractivity contribution in [2.24, 2.45) is 5.92 Å². The van der Waals surface area contributed by atoms with E-state index in [1.807, 2.05) is 0 Å². The van der Waals surface area contributed by atoms with Gasteiger partial charge in [-0.25, -0.2) is 4.98 Å². The van der Waals surface area contributed by atoms with Crippen molar-refractivity contribution in [3.8, 4) is 0 Å². The predicted molar refractivity (Wildman–Crippen MR) is 77.2 cm³/mol. The summed E-state index contributed by atoms with van der Waals surface area (Å²) in [5.74, 6) is 1.98. The maximum absolute atomic E-state index is 4.80. The van der Waals surface area contributed by atoms with Gasteiger partial charge in [-0.1, -0.05) is 12.1 Å². The molecule has 1 aromatic carbocycles. The molecular weight excluding hydrogens is 234 g/mol. The lowest BCUT2D eigenvalue weighted by Gasteiger charge is -2.28. The first-order valence-corrected chi connectivity index (χ1v) is 7.48. The molecule has 2 atom stereocenters. The van der Waals surface area contributed by atoms with Gasteiger partial charge in [-0.3, -0.25) is 0 Å². The van der Waals surface area contributed by atoms with Gasteiger partial charge in [0.2, 0.25) is 0 Å². The molecule has 2 bridgehead atoms. The van der Waals surface area contributed by atoms with Crippen LogP contribution in [0.3, 0.4) is 0 Å². The third-order valence-electron chi connectivity index (χ3n) is 4.82. The van der Waals surface area contributed by atoms with Crippen LogP contribution in [0.4, 0.5) is 0 Å². The molecule has 3 heteroatoms. The average molecular weight is 255 g/mol. The molecule has 0 spiro atoms. The Morgan fingerprint density at radius 2 is 2.00 bits per heavy atom. The average Bonchev–Trinajstić information content (AvgIpc) is 2.94. The van der Waals surface area contributed by atoms with Crippen LogP contribution < -0.4 is 5.32 Å². The molecule has 2 N–H and O–H groups in total. The smallest absolute Gasteiger partial charge is 0.107 e. The van der Waals surface area contributed by atoms with Crippen LogP contribution in [-0.4, -0.2) is 22.1 Å². The fourth-order valence-corrected chi connectivity index (χ4v) is 3.94. The molecule has 2 aliphatic heterocycles. The van der Waals surface area contributed by atoms with E-state index in [-0.39, 0.29) is 0 Å². The van der Waals surface area contributed by atoms with Gasteiger partial charge >= 0.3 is 0 Å². The number of para-hydroxylation sites is 1. The summed E-state index contributed by atoms with van der Waals surface area (Å²) in [7, 11) is 0. The van der Waals surface area contributed by atoms with Crippen molar-refractivity contribution in [2.75, 3.05) is 0 Å². The highest BCUT2D eigenvalue weighted by Gasteiger charge is 2.33. The first-order valence-electron chi connectivity index (χ1n) is 7.48. The quantitative estimate of drug-likeness (QED) is 0.866. The van der Waals surface area contributed by atoms with Gasteiger partial charge in [0.25, 0.3) is 0 Å². The zero-order valence-corrected chi connectivity index (χ0v) is 11.4. The number of piperidine rings is 1. The van der Waals surface area contributed by atoms with Crippen LogP contribution in [0, 0.1) is 12.8 Å². The highest BCUT2D eigenvalue weighted by atomic mass is 15.0. The molecule has 0 aliphatic carbocycles. The fraction of sp³-hybridized carbons (Fsp3) is 0.562. The summed E-state index contributed by atoms with van der Waals surface area (Å²) in [5.41, 5.74) is 3.60. The Morgan fingerprint density at radius 3 is 2.74 bits per heavy atom. The van der Waals surface area contributed by atoms with Crippen molar-refractivity contribution in [1.29, 1.82) is 0 Å². The zero-order valence-electron chi connectivity index (χ0n) is 11.4. The van der Waals surface area contributed by atoms with Crippen molar-refractivity contribution in [2.45, 2.75) is 51.1 Å². The number of nitrogens with zero attached hydrogens (tertiary/aromatic N) is 1. The van der Waals surface area contributed by atoms with Crippen LogP contribution in [0.15, 0.2) is 18.2 Å². The molecule has 100 valence electrons. The third-order valence-corrected chi connectivity index (χ3v) is 4.82. The van der Waals surface area contributed by atoms with Crippen LogP contribution in [-0.2, 0) is 6.42 Å². The summed E-state index contributed by atoms with van der Waals surface area (Å²) in [5, 5.41) is 3.71. The molecule has 0 saturated carbocycles. The standard InChI is InChI=1S/C16H21N3/c1-10-3-2-4-14-16(10)19-15(18-14)9-11-7-12-5-6-13(8-11)17-12/h2-4,11-13,17H,5-9H2,1H3,(H,18,19). The van der Waals surface area contributed by atoms with E-state index in [9.17, 15) is 0 Å². The number of aromatic nitrogens is 2. The van der Waals surface area contributed by atoms with Gasteiger partial charge < -0.3 is 10.3 Å². The van der Waals surface area contributed by atoms with Crippen molar-refractivity contribution in [1.82, 2.24) is 15.3 Å². The first-order chi connectivity index (χ1) is 9.28. The number of hydrogen-bond donors (Lipinski definition) is 2.